The van der Waals surface area contributed by atoms with E-state index >= 15 is 0 Å². The standard InChI is InChI=1S/C19H11BrFN3O/c1-22-14-4-2-11(3-5-14)13-7-17-18(25)8-12-6-15(21)19(20)23-16(12)10-24(17)9-13/h2-7,9H,8,10H2. The Hall–Kier alpha value is -2.78. The highest BCUT2D eigenvalue weighted by molar-refractivity contribution is 9.10. The van der Waals surface area contributed by atoms with Crippen LogP contribution in [0.3, 0.4) is 0 Å². The van der Waals surface area contributed by atoms with Crippen molar-refractivity contribution in [2.75, 3.05) is 0 Å². The van der Waals surface area contributed by atoms with E-state index < -0.39 is 5.82 Å². The van der Waals surface area contributed by atoms with E-state index in [1.54, 1.807) is 12.1 Å². The molecule has 0 fully saturated rings. The van der Waals surface area contributed by atoms with Crippen LogP contribution in [0.1, 0.15) is 21.7 Å². The third kappa shape index (κ3) is 2.77. The van der Waals surface area contributed by atoms with Gasteiger partial charge in [-0.3, -0.25) is 4.79 Å². The Bertz CT molecular complexity index is 1050. The summed E-state index contributed by atoms with van der Waals surface area (Å²) in [7, 11) is 0. The highest BCUT2D eigenvalue weighted by Crippen LogP contribution is 2.29. The van der Waals surface area contributed by atoms with Gasteiger partial charge in [0.05, 0.1) is 24.5 Å². The summed E-state index contributed by atoms with van der Waals surface area (Å²) in [6.07, 6.45) is 2.03. The summed E-state index contributed by atoms with van der Waals surface area (Å²) in [4.78, 5) is 20.2. The minimum absolute atomic E-state index is 0.0636. The second kappa shape index (κ2) is 5.94. The van der Waals surface area contributed by atoms with Gasteiger partial charge in [-0.2, -0.15) is 0 Å². The minimum Gasteiger partial charge on any atom is -0.338 e. The molecule has 0 unspecified atom stereocenters. The lowest BCUT2D eigenvalue weighted by atomic mass is 10.0. The van der Waals surface area contributed by atoms with Gasteiger partial charge in [0.25, 0.3) is 0 Å². The molecule has 0 amide bonds. The number of carbonyl (C=O) groups is 1. The van der Waals surface area contributed by atoms with Gasteiger partial charge in [0.2, 0.25) is 0 Å². The van der Waals surface area contributed by atoms with Crippen molar-refractivity contribution in [2.24, 2.45) is 0 Å². The highest BCUT2D eigenvalue weighted by atomic mass is 79.9. The highest BCUT2D eigenvalue weighted by Gasteiger charge is 2.23. The number of aromatic nitrogens is 2. The van der Waals surface area contributed by atoms with Gasteiger partial charge in [-0.25, -0.2) is 14.2 Å². The zero-order chi connectivity index (χ0) is 17.6. The van der Waals surface area contributed by atoms with E-state index in [1.807, 2.05) is 29.0 Å². The van der Waals surface area contributed by atoms with Gasteiger partial charge in [-0.05, 0) is 44.8 Å². The molecule has 122 valence electrons. The number of pyridine rings is 1. The molecular formula is C19H11BrFN3O. The van der Waals surface area contributed by atoms with Crippen molar-refractivity contribution in [1.82, 2.24) is 9.55 Å². The molecule has 1 aromatic carbocycles. The van der Waals surface area contributed by atoms with E-state index in [1.165, 1.54) is 6.07 Å². The zero-order valence-electron chi connectivity index (χ0n) is 13.0. The van der Waals surface area contributed by atoms with Gasteiger partial charge >= 0.3 is 0 Å². The fraction of sp³-hybridized carbons (Fsp3) is 0.105. The molecular weight excluding hydrogens is 385 g/mol. The summed E-state index contributed by atoms with van der Waals surface area (Å²) < 4.78 is 15.7. The first kappa shape index (κ1) is 15.7. The Balaban J connectivity index is 1.77. The number of carbonyl (C=O) groups excluding carboxylic acids is 1. The Morgan fingerprint density at radius 3 is 2.68 bits per heavy atom. The van der Waals surface area contributed by atoms with Crippen molar-refractivity contribution in [3.05, 3.63) is 81.4 Å². The molecule has 4 rings (SSSR count). The second-order valence-electron chi connectivity index (χ2n) is 5.87. The molecule has 1 aliphatic heterocycles. The maximum absolute atomic E-state index is 13.7. The van der Waals surface area contributed by atoms with Gasteiger partial charge in [0.1, 0.15) is 4.60 Å². The summed E-state index contributed by atoms with van der Waals surface area (Å²) >= 11 is 3.11. The summed E-state index contributed by atoms with van der Waals surface area (Å²) in [5, 5.41) is 0. The van der Waals surface area contributed by atoms with Gasteiger partial charge in [0, 0.05) is 12.6 Å². The van der Waals surface area contributed by atoms with Crippen LogP contribution in [0.2, 0.25) is 0 Å². The Morgan fingerprint density at radius 1 is 1.20 bits per heavy atom. The Kier molecular flexibility index (Phi) is 3.74. The summed E-state index contributed by atoms with van der Waals surface area (Å²) in [5.41, 5.74) is 4.31. The summed E-state index contributed by atoms with van der Waals surface area (Å²) in [6, 6.07) is 10.5. The predicted molar refractivity (Wildman–Crippen MR) is 95.2 cm³/mol. The maximum Gasteiger partial charge on any atom is 0.187 e. The average molecular weight is 396 g/mol. The normalized spacial score (nSPS) is 12.9. The molecule has 0 radical (unpaired) electrons. The zero-order valence-corrected chi connectivity index (χ0v) is 14.5. The molecule has 25 heavy (non-hydrogen) atoms. The molecule has 6 heteroatoms. The van der Waals surface area contributed by atoms with Crippen LogP contribution in [0.5, 0.6) is 0 Å². The fourth-order valence-electron chi connectivity index (χ4n) is 3.02. The first-order valence-electron chi connectivity index (χ1n) is 7.60. The van der Waals surface area contributed by atoms with Crippen LogP contribution in [0.25, 0.3) is 16.0 Å². The third-order valence-electron chi connectivity index (χ3n) is 4.28. The molecule has 1 aliphatic rings. The molecule has 3 heterocycles. The van der Waals surface area contributed by atoms with Crippen molar-refractivity contribution in [2.45, 2.75) is 13.0 Å². The topological polar surface area (TPSA) is 39.2 Å². The second-order valence-corrected chi connectivity index (χ2v) is 6.62. The average Bonchev–Trinajstić information content (AvgIpc) is 2.98. The number of fused-ring (bicyclic) bond motifs is 2. The molecule has 0 bridgehead atoms. The number of halogens is 2. The number of benzene rings is 1. The molecule has 0 saturated heterocycles. The number of rotatable bonds is 1. The van der Waals surface area contributed by atoms with Gasteiger partial charge in [0.15, 0.2) is 17.3 Å². The van der Waals surface area contributed by atoms with E-state index in [9.17, 15) is 9.18 Å². The number of nitrogens with zero attached hydrogens (tertiary/aromatic N) is 3. The monoisotopic (exact) mass is 395 g/mol. The predicted octanol–water partition coefficient (Wildman–Crippen LogP) is 4.79. The lowest BCUT2D eigenvalue weighted by Crippen LogP contribution is -2.06. The number of hydrogen-bond donors (Lipinski definition) is 0. The van der Waals surface area contributed by atoms with Gasteiger partial charge in [-0.15, -0.1) is 0 Å². The largest absolute Gasteiger partial charge is 0.338 e. The molecule has 4 nitrogen and oxygen atoms in total. The Morgan fingerprint density at radius 2 is 1.96 bits per heavy atom. The SMILES string of the molecule is [C-]#[N+]c1ccc(-c2cc3n(c2)Cc2nc(Br)c(F)cc2CC3=O)cc1. The molecule has 0 saturated carbocycles. The van der Waals surface area contributed by atoms with Crippen LogP contribution < -0.4 is 0 Å². The Labute approximate surface area is 151 Å². The maximum atomic E-state index is 13.7. The van der Waals surface area contributed by atoms with E-state index in [4.69, 9.17) is 6.57 Å². The van der Waals surface area contributed by atoms with Crippen molar-refractivity contribution in [3.63, 3.8) is 0 Å². The molecule has 0 aliphatic carbocycles. The lowest BCUT2D eigenvalue weighted by molar-refractivity contribution is 0.0986. The van der Waals surface area contributed by atoms with Crippen LogP contribution in [-0.2, 0) is 13.0 Å². The van der Waals surface area contributed by atoms with Crippen LogP contribution in [0.15, 0.2) is 47.2 Å². The van der Waals surface area contributed by atoms with Crippen LogP contribution in [-0.4, -0.2) is 15.3 Å². The van der Waals surface area contributed by atoms with E-state index in [0.717, 1.165) is 11.1 Å². The van der Waals surface area contributed by atoms with Gasteiger partial charge < -0.3 is 4.57 Å². The first-order chi connectivity index (χ1) is 12.0. The van der Waals surface area contributed by atoms with E-state index in [-0.39, 0.29) is 16.8 Å². The number of ketones is 1. The smallest absolute Gasteiger partial charge is 0.187 e. The van der Waals surface area contributed by atoms with Crippen molar-refractivity contribution < 1.29 is 9.18 Å². The fourth-order valence-corrected chi connectivity index (χ4v) is 3.35. The first-order valence-corrected chi connectivity index (χ1v) is 8.39. The van der Waals surface area contributed by atoms with E-state index in [0.29, 0.717) is 29.2 Å². The van der Waals surface area contributed by atoms with Crippen molar-refractivity contribution in [3.8, 4) is 11.1 Å². The quantitative estimate of drug-likeness (QED) is 0.438. The van der Waals surface area contributed by atoms with Crippen LogP contribution >= 0.6 is 15.9 Å². The molecule has 0 spiro atoms. The van der Waals surface area contributed by atoms with Crippen LogP contribution in [0, 0.1) is 12.4 Å². The molecule has 3 aromatic rings. The molecule has 2 aromatic heterocycles. The summed E-state index contributed by atoms with van der Waals surface area (Å²) in [5.74, 6) is -0.523. The molecule has 0 N–H and O–H groups in total. The minimum atomic E-state index is -0.460. The molecule has 0 atom stereocenters. The van der Waals surface area contributed by atoms with Crippen molar-refractivity contribution in [1.29, 1.82) is 0 Å². The third-order valence-corrected chi connectivity index (χ3v) is 4.84. The summed E-state index contributed by atoms with van der Waals surface area (Å²) in [6.45, 7) is 7.43. The number of hydrogen-bond acceptors (Lipinski definition) is 2. The van der Waals surface area contributed by atoms with Crippen molar-refractivity contribution >= 4 is 27.4 Å². The van der Waals surface area contributed by atoms with E-state index in [2.05, 4.69) is 25.8 Å². The number of Topliss-reactive ketones (excluding diaryl/α,β-unsaturated/α-hetero) is 1. The van der Waals surface area contributed by atoms with Crippen LogP contribution in [0.4, 0.5) is 10.1 Å². The lowest BCUT2D eigenvalue weighted by Gasteiger charge is -2.07. The van der Waals surface area contributed by atoms with Gasteiger partial charge in [-0.1, -0.05) is 24.3 Å².